The Morgan fingerprint density at radius 1 is 0.793 bits per heavy atom. The lowest BCUT2D eigenvalue weighted by Gasteiger charge is -2.17. The van der Waals surface area contributed by atoms with E-state index in [-0.39, 0.29) is 11.8 Å². The van der Waals surface area contributed by atoms with Crippen LogP contribution in [-0.4, -0.2) is 25.0 Å². The molecule has 2 N–H and O–H groups in total. The minimum absolute atomic E-state index is 0.220. The first-order valence-electron chi connectivity index (χ1n) is 9.14. The third-order valence-electron chi connectivity index (χ3n) is 4.17. The lowest BCUT2D eigenvalue weighted by molar-refractivity contribution is -0.122. The molecule has 1 atom stereocenters. The number of benzene rings is 3. The minimum atomic E-state index is -0.742. The normalized spacial score (nSPS) is 11.2. The summed E-state index contributed by atoms with van der Waals surface area (Å²) in [7, 11) is 1.54. The third kappa shape index (κ3) is 5.35. The third-order valence-corrected chi connectivity index (χ3v) is 4.17. The molecule has 0 saturated carbocycles. The Morgan fingerprint density at radius 3 is 2.10 bits per heavy atom. The van der Waals surface area contributed by atoms with E-state index >= 15 is 0 Å². The van der Waals surface area contributed by atoms with Gasteiger partial charge in [-0.3, -0.25) is 9.59 Å². The van der Waals surface area contributed by atoms with Gasteiger partial charge in [-0.25, -0.2) is 0 Å². The summed E-state index contributed by atoms with van der Waals surface area (Å²) in [5.74, 6) is 0.503. The van der Waals surface area contributed by atoms with Gasteiger partial charge in [-0.2, -0.15) is 0 Å². The van der Waals surface area contributed by atoms with Crippen LogP contribution in [0.4, 0.5) is 11.4 Å². The Hall–Kier alpha value is -3.80. The number of amides is 2. The molecule has 2 amide bonds. The van der Waals surface area contributed by atoms with Crippen molar-refractivity contribution in [1.29, 1.82) is 0 Å². The molecule has 0 aromatic heterocycles. The quantitative estimate of drug-likeness (QED) is 0.629. The topological polar surface area (TPSA) is 76.7 Å². The standard InChI is InChI=1S/C23H22N2O4/c1-16(29-21-14-7-6-13-20(21)28-2)22(26)24-18-11-8-12-19(15-18)25-23(27)17-9-4-3-5-10-17/h3-16H,1-2H3,(H,24,26)(H,25,27). The van der Waals surface area contributed by atoms with Crippen LogP contribution in [0.5, 0.6) is 11.5 Å². The van der Waals surface area contributed by atoms with Crippen LogP contribution >= 0.6 is 0 Å². The minimum Gasteiger partial charge on any atom is -0.493 e. The average molecular weight is 390 g/mol. The Bertz CT molecular complexity index is 989. The molecule has 3 aromatic carbocycles. The Labute approximate surface area is 169 Å². The van der Waals surface area contributed by atoms with Gasteiger partial charge in [-0.1, -0.05) is 36.4 Å². The van der Waals surface area contributed by atoms with Crippen molar-refractivity contribution in [3.05, 3.63) is 84.4 Å². The highest BCUT2D eigenvalue weighted by Crippen LogP contribution is 2.27. The molecule has 1 unspecified atom stereocenters. The zero-order valence-electron chi connectivity index (χ0n) is 16.2. The zero-order valence-corrected chi connectivity index (χ0v) is 16.2. The van der Waals surface area contributed by atoms with Crippen LogP contribution in [0.15, 0.2) is 78.9 Å². The highest BCUT2D eigenvalue weighted by Gasteiger charge is 2.17. The van der Waals surface area contributed by atoms with Crippen LogP contribution in [0.1, 0.15) is 17.3 Å². The maximum absolute atomic E-state index is 12.5. The second-order valence-corrected chi connectivity index (χ2v) is 6.30. The lowest BCUT2D eigenvalue weighted by Crippen LogP contribution is -2.30. The van der Waals surface area contributed by atoms with Crippen molar-refractivity contribution < 1.29 is 19.1 Å². The van der Waals surface area contributed by atoms with E-state index < -0.39 is 6.10 Å². The van der Waals surface area contributed by atoms with Gasteiger partial charge in [0.05, 0.1) is 7.11 Å². The Balaban J connectivity index is 1.63. The summed E-state index contributed by atoms with van der Waals surface area (Å²) in [5, 5.41) is 5.61. The highest BCUT2D eigenvalue weighted by molar-refractivity contribution is 6.04. The van der Waals surface area contributed by atoms with E-state index in [1.54, 1.807) is 80.8 Å². The monoisotopic (exact) mass is 390 g/mol. The predicted molar refractivity (Wildman–Crippen MR) is 113 cm³/mol. The van der Waals surface area contributed by atoms with Gasteiger partial charge in [-0.05, 0) is 49.4 Å². The van der Waals surface area contributed by atoms with Crippen LogP contribution in [0.25, 0.3) is 0 Å². The molecule has 0 aliphatic heterocycles. The van der Waals surface area contributed by atoms with Crippen molar-refractivity contribution >= 4 is 23.2 Å². The fraction of sp³-hybridized carbons (Fsp3) is 0.130. The molecule has 0 radical (unpaired) electrons. The SMILES string of the molecule is COc1ccccc1OC(C)C(=O)Nc1cccc(NC(=O)c2ccccc2)c1. The molecular weight excluding hydrogens is 368 g/mol. The number of hydrogen-bond donors (Lipinski definition) is 2. The predicted octanol–water partition coefficient (Wildman–Crippen LogP) is 4.35. The molecule has 3 rings (SSSR count). The summed E-state index contributed by atoms with van der Waals surface area (Å²) in [4.78, 5) is 24.8. The summed E-state index contributed by atoms with van der Waals surface area (Å²) in [6.07, 6.45) is -0.742. The summed E-state index contributed by atoms with van der Waals surface area (Å²) < 4.78 is 11.0. The van der Waals surface area contributed by atoms with E-state index in [0.29, 0.717) is 28.4 Å². The van der Waals surface area contributed by atoms with Crippen molar-refractivity contribution in [2.75, 3.05) is 17.7 Å². The number of rotatable bonds is 7. The Morgan fingerprint density at radius 2 is 1.41 bits per heavy atom. The molecular formula is C23H22N2O4. The van der Waals surface area contributed by atoms with Gasteiger partial charge in [0.25, 0.3) is 11.8 Å². The molecule has 0 aliphatic carbocycles. The van der Waals surface area contributed by atoms with Crippen molar-refractivity contribution in [3.63, 3.8) is 0 Å². The first kappa shape index (κ1) is 19.9. The van der Waals surface area contributed by atoms with E-state index in [0.717, 1.165) is 0 Å². The highest BCUT2D eigenvalue weighted by atomic mass is 16.5. The van der Waals surface area contributed by atoms with Gasteiger partial charge >= 0.3 is 0 Å². The number of carbonyl (C=O) groups excluding carboxylic acids is 2. The summed E-state index contributed by atoms with van der Waals surface area (Å²) in [5.41, 5.74) is 1.69. The van der Waals surface area contributed by atoms with Crippen molar-refractivity contribution in [2.45, 2.75) is 13.0 Å². The smallest absolute Gasteiger partial charge is 0.265 e. The van der Waals surface area contributed by atoms with Crippen molar-refractivity contribution in [3.8, 4) is 11.5 Å². The van der Waals surface area contributed by atoms with Gasteiger partial charge in [0.1, 0.15) is 0 Å². The molecule has 6 heteroatoms. The largest absolute Gasteiger partial charge is 0.493 e. The van der Waals surface area contributed by atoms with Crippen molar-refractivity contribution in [2.24, 2.45) is 0 Å². The summed E-state index contributed by atoms with van der Waals surface area (Å²) >= 11 is 0. The van der Waals surface area contributed by atoms with Crippen LogP contribution in [0, 0.1) is 0 Å². The van der Waals surface area contributed by atoms with Gasteiger partial charge in [-0.15, -0.1) is 0 Å². The van der Waals surface area contributed by atoms with E-state index in [2.05, 4.69) is 10.6 Å². The number of para-hydroxylation sites is 2. The number of nitrogens with one attached hydrogen (secondary N) is 2. The molecule has 29 heavy (non-hydrogen) atoms. The molecule has 0 aliphatic rings. The lowest BCUT2D eigenvalue weighted by atomic mass is 10.2. The Kier molecular flexibility index (Phi) is 6.47. The van der Waals surface area contributed by atoms with Gasteiger partial charge in [0.15, 0.2) is 17.6 Å². The fourth-order valence-corrected chi connectivity index (χ4v) is 2.67. The van der Waals surface area contributed by atoms with Gasteiger partial charge in [0, 0.05) is 16.9 Å². The van der Waals surface area contributed by atoms with E-state index in [1.807, 2.05) is 12.1 Å². The number of methoxy groups -OCH3 is 1. The summed E-state index contributed by atoms with van der Waals surface area (Å²) in [6.45, 7) is 1.66. The second-order valence-electron chi connectivity index (χ2n) is 6.30. The van der Waals surface area contributed by atoms with Crippen LogP contribution in [-0.2, 0) is 4.79 Å². The average Bonchev–Trinajstić information content (AvgIpc) is 2.75. The molecule has 6 nitrogen and oxygen atoms in total. The molecule has 0 saturated heterocycles. The van der Waals surface area contributed by atoms with Gasteiger partial charge in [0.2, 0.25) is 0 Å². The number of anilines is 2. The van der Waals surface area contributed by atoms with Crippen LogP contribution in [0.3, 0.4) is 0 Å². The number of hydrogen-bond acceptors (Lipinski definition) is 4. The van der Waals surface area contributed by atoms with Crippen molar-refractivity contribution in [1.82, 2.24) is 0 Å². The molecule has 0 bridgehead atoms. The van der Waals surface area contributed by atoms with Crippen LogP contribution in [0.2, 0.25) is 0 Å². The van der Waals surface area contributed by atoms with E-state index in [1.165, 1.54) is 0 Å². The molecule has 3 aromatic rings. The van der Waals surface area contributed by atoms with Gasteiger partial charge < -0.3 is 20.1 Å². The molecule has 0 fully saturated rings. The van der Waals surface area contributed by atoms with Crippen LogP contribution < -0.4 is 20.1 Å². The van der Waals surface area contributed by atoms with E-state index in [4.69, 9.17) is 9.47 Å². The second kappa shape index (κ2) is 9.41. The fourth-order valence-electron chi connectivity index (χ4n) is 2.67. The first-order chi connectivity index (χ1) is 14.1. The molecule has 0 heterocycles. The molecule has 0 spiro atoms. The maximum Gasteiger partial charge on any atom is 0.265 e. The summed E-state index contributed by atoms with van der Waals surface area (Å²) in [6, 6.07) is 23.0. The number of ether oxygens (including phenoxy) is 2. The number of carbonyl (C=O) groups is 2. The first-order valence-corrected chi connectivity index (χ1v) is 9.14. The van der Waals surface area contributed by atoms with E-state index in [9.17, 15) is 9.59 Å². The maximum atomic E-state index is 12.5. The zero-order chi connectivity index (χ0) is 20.6. The molecule has 148 valence electrons.